The molecule has 1 N–H and O–H groups in total. The molecular weight excluding hydrogens is 270 g/mol. The average molecular weight is 292 g/mol. The fourth-order valence-electron chi connectivity index (χ4n) is 2.29. The lowest BCUT2D eigenvalue weighted by atomic mass is 10.2. The number of nitrogens with one attached hydrogen (secondary N) is 1. The van der Waals surface area contributed by atoms with Gasteiger partial charge in [0, 0.05) is 22.8 Å². The molecule has 0 atom stereocenters. The lowest BCUT2D eigenvalue weighted by Crippen LogP contribution is -2.15. The molecule has 1 aromatic carbocycles. The molecule has 0 saturated heterocycles. The van der Waals surface area contributed by atoms with Crippen molar-refractivity contribution in [2.45, 2.75) is 40.7 Å². The van der Waals surface area contributed by atoms with Gasteiger partial charge in [-0.3, -0.25) is 0 Å². The summed E-state index contributed by atoms with van der Waals surface area (Å²) >= 11 is 6.21. The zero-order chi connectivity index (χ0) is 14.7. The summed E-state index contributed by atoms with van der Waals surface area (Å²) in [5.41, 5.74) is 5.62. The molecule has 0 spiro atoms. The Morgan fingerprint density at radius 1 is 1.25 bits per heavy atom. The molecule has 0 saturated carbocycles. The second kappa shape index (κ2) is 6.42. The fraction of sp³-hybridized carbons (Fsp3) is 0.438. The van der Waals surface area contributed by atoms with E-state index in [9.17, 15) is 0 Å². The van der Waals surface area contributed by atoms with E-state index in [0.717, 1.165) is 41.5 Å². The Morgan fingerprint density at radius 3 is 2.65 bits per heavy atom. The first-order valence-electron chi connectivity index (χ1n) is 7.07. The number of benzene rings is 1. The first kappa shape index (κ1) is 15.1. The third-order valence-electron chi connectivity index (χ3n) is 3.57. The molecule has 1 heterocycles. The molecule has 20 heavy (non-hydrogen) atoms. The van der Waals surface area contributed by atoms with E-state index in [-0.39, 0.29) is 0 Å². The van der Waals surface area contributed by atoms with Crippen molar-refractivity contribution < 1.29 is 0 Å². The summed E-state index contributed by atoms with van der Waals surface area (Å²) in [6, 6.07) is 6.06. The first-order valence-corrected chi connectivity index (χ1v) is 7.44. The molecule has 0 bridgehead atoms. The van der Waals surface area contributed by atoms with Gasteiger partial charge in [-0.2, -0.15) is 5.10 Å². The van der Waals surface area contributed by atoms with E-state index in [0.29, 0.717) is 0 Å². The van der Waals surface area contributed by atoms with Gasteiger partial charge in [0.1, 0.15) is 0 Å². The molecule has 2 aromatic rings. The van der Waals surface area contributed by atoms with Gasteiger partial charge in [0.25, 0.3) is 0 Å². The minimum atomic E-state index is 0.778. The first-order chi connectivity index (χ1) is 9.54. The number of hydrogen-bond acceptors (Lipinski definition) is 2. The van der Waals surface area contributed by atoms with Crippen LogP contribution in [-0.4, -0.2) is 16.3 Å². The zero-order valence-corrected chi connectivity index (χ0v) is 13.4. The Bertz CT molecular complexity index is 602. The second-order valence-corrected chi connectivity index (χ2v) is 5.58. The van der Waals surface area contributed by atoms with Crippen molar-refractivity contribution in [3.05, 3.63) is 45.7 Å². The van der Waals surface area contributed by atoms with Gasteiger partial charge in [-0.05, 0) is 51.4 Å². The highest BCUT2D eigenvalue weighted by Gasteiger charge is 2.12. The van der Waals surface area contributed by atoms with Crippen LogP contribution in [-0.2, 0) is 6.54 Å². The van der Waals surface area contributed by atoms with Gasteiger partial charge < -0.3 is 5.32 Å². The molecule has 0 unspecified atom stereocenters. The topological polar surface area (TPSA) is 29.9 Å². The zero-order valence-electron chi connectivity index (χ0n) is 12.6. The number of nitrogens with zero attached hydrogens (tertiary/aromatic N) is 2. The number of aryl methyl sites for hydroxylation is 2. The van der Waals surface area contributed by atoms with Crippen LogP contribution < -0.4 is 5.32 Å². The minimum absolute atomic E-state index is 0.778. The van der Waals surface area contributed by atoms with E-state index in [2.05, 4.69) is 37.3 Å². The van der Waals surface area contributed by atoms with Crippen LogP contribution in [0.2, 0.25) is 5.02 Å². The quantitative estimate of drug-likeness (QED) is 0.845. The Morgan fingerprint density at radius 2 is 2.00 bits per heavy atom. The molecule has 0 aliphatic rings. The van der Waals surface area contributed by atoms with Crippen LogP contribution in [0.25, 0.3) is 5.69 Å². The van der Waals surface area contributed by atoms with E-state index >= 15 is 0 Å². The minimum Gasteiger partial charge on any atom is -0.313 e. The van der Waals surface area contributed by atoms with E-state index in [1.54, 1.807) is 0 Å². The molecule has 0 amide bonds. The molecule has 0 fully saturated rings. The van der Waals surface area contributed by atoms with Crippen LogP contribution in [0.15, 0.2) is 18.2 Å². The van der Waals surface area contributed by atoms with Gasteiger partial charge in [0.2, 0.25) is 0 Å². The van der Waals surface area contributed by atoms with Crippen LogP contribution in [0.1, 0.15) is 35.9 Å². The lowest BCUT2D eigenvalue weighted by molar-refractivity contribution is 0.670. The van der Waals surface area contributed by atoms with Crippen LogP contribution >= 0.6 is 11.6 Å². The summed E-state index contributed by atoms with van der Waals surface area (Å²) in [4.78, 5) is 0. The van der Waals surface area contributed by atoms with Gasteiger partial charge in [0.15, 0.2) is 0 Å². The van der Waals surface area contributed by atoms with Crippen molar-refractivity contribution in [1.29, 1.82) is 0 Å². The third kappa shape index (κ3) is 3.05. The maximum absolute atomic E-state index is 6.21. The largest absolute Gasteiger partial charge is 0.313 e. The lowest BCUT2D eigenvalue weighted by Gasteiger charge is -2.08. The highest BCUT2D eigenvalue weighted by atomic mass is 35.5. The van der Waals surface area contributed by atoms with Gasteiger partial charge in [-0.25, -0.2) is 4.68 Å². The van der Waals surface area contributed by atoms with Crippen LogP contribution in [0.5, 0.6) is 0 Å². The summed E-state index contributed by atoms with van der Waals surface area (Å²) in [5.74, 6) is 0. The number of rotatable bonds is 5. The van der Waals surface area contributed by atoms with Gasteiger partial charge >= 0.3 is 0 Å². The molecule has 3 nitrogen and oxygen atoms in total. The fourth-order valence-corrected chi connectivity index (χ4v) is 2.46. The van der Waals surface area contributed by atoms with Crippen molar-refractivity contribution in [1.82, 2.24) is 15.1 Å². The maximum Gasteiger partial charge on any atom is 0.0663 e. The number of hydrogen-bond donors (Lipinski definition) is 1. The van der Waals surface area contributed by atoms with Gasteiger partial charge in [-0.15, -0.1) is 0 Å². The van der Waals surface area contributed by atoms with Gasteiger partial charge in [0.05, 0.1) is 11.4 Å². The third-order valence-corrected chi connectivity index (χ3v) is 3.98. The molecule has 4 heteroatoms. The van der Waals surface area contributed by atoms with E-state index in [1.807, 2.05) is 23.7 Å². The van der Waals surface area contributed by atoms with Crippen molar-refractivity contribution in [2.24, 2.45) is 0 Å². The smallest absolute Gasteiger partial charge is 0.0663 e. The van der Waals surface area contributed by atoms with Gasteiger partial charge in [-0.1, -0.05) is 24.6 Å². The molecule has 0 aliphatic carbocycles. The Kier molecular flexibility index (Phi) is 4.84. The molecule has 1 aromatic heterocycles. The average Bonchev–Trinajstić information content (AvgIpc) is 2.70. The maximum atomic E-state index is 6.21. The Hall–Kier alpha value is -1.32. The molecule has 108 valence electrons. The van der Waals surface area contributed by atoms with Crippen LogP contribution in [0.4, 0.5) is 0 Å². The van der Waals surface area contributed by atoms with E-state index in [4.69, 9.17) is 11.6 Å². The summed E-state index contributed by atoms with van der Waals surface area (Å²) < 4.78 is 1.98. The SMILES string of the molecule is CCCNCc1c(C)nn(-c2ccc(C)c(Cl)c2)c1C. The summed E-state index contributed by atoms with van der Waals surface area (Å²) in [5, 5.41) is 8.87. The highest BCUT2D eigenvalue weighted by Crippen LogP contribution is 2.22. The molecule has 0 aliphatic heterocycles. The van der Waals surface area contributed by atoms with Crippen LogP contribution in [0.3, 0.4) is 0 Å². The Labute approximate surface area is 126 Å². The van der Waals surface area contributed by atoms with E-state index in [1.165, 1.54) is 11.3 Å². The predicted octanol–water partition coefficient (Wildman–Crippen LogP) is 3.95. The second-order valence-electron chi connectivity index (χ2n) is 5.17. The molecular formula is C16H22ClN3. The van der Waals surface area contributed by atoms with Crippen molar-refractivity contribution in [2.75, 3.05) is 6.54 Å². The number of halogens is 1. The monoisotopic (exact) mass is 291 g/mol. The summed E-state index contributed by atoms with van der Waals surface area (Å²) in [6.45, 7) is 10.2. The Balaban J connectivity index is 2.33. The van der Waals surface area contributed by atoms with E-state index < -0.39 is 0 Å². The van der Waals surface area contributed by atoms with Crippen molar-refractivity contribution in [3.63, 3.8) is 0 Å². The van der Waals surface area contributed by atoms with Crippen molar-refractivity contribution in [3.8, 4) is 5.69 Å². The number of aromatic nitrogens is 2. The predicted molar refractivity (Wildman–Crippen MR) is 84.8 cm³/mol. The van der Waals surface area contributed by atoms with Crippen LogP contribution in [0, 0.1) is 20.8 Å². The normalized spacial score (nSPS) is 11.1. The molecule has 0 radical (unpaired) electrons. The highest BCUT2D eigenvalue weighted by molar-refractivity contribution is 6.31. The summed E-state index contributed by atoms with van der Waals surface area (Å²) in [6.07, 6.45) is 1.14. The van der Waals surface area contributed by atoms with Crippen molar-refractivity contribution >= 4 is 11.6 Å². The standard InChI is InChI=1S/C16H22ClN3/c1-5-8-18-10-15-12(3)19-20(13(15)4)14-7-6-11(2)16(17)9-14/h6-7,9,18H,5,8,10H2,1-4H3. The summed E-state index contributed by atoms with van der Waals surface area (Å²) in [7, 11) is 0. The molecule has 2 rings (SSSR count).